The highest BCUT2D eigenvalue weighted by Crippen LogP contribution is 2.37. The minimum Gasteiger partial charge on any atom is -0.318 e. The first-order valence-corrected chi connectivity index (χ1v) is 6.37. The van der Waals surface area contributed by atoms with Gasteiger partial charge in [-0.25, -0.2) is 0 Å². The molecule has 1 fully saturated rings. The van der Waals surface area contributed by atoms with Gasteiger partial charge in [-0.05, 0) is 51.1 Å². The van der Waals surface area contributed by atoms with Crippen molar-refractivity contribution in [1.82, 2.24) is 10.2 Å². The van der Waals surface area contributed by atoms with Crippen LogP contribution in [-0.4, -0.2) is 38.6 Å². The molecular weight excluding hydrogens is 184 g/mol. The molecule has 1 rings (SSSR count). The van der Waals surface area contributed by atoms with E-state index in [9.17, 15) is 0 Å². The van der Waals surface area contributed by atoms with Crippen molar-refractivity contribution < 1.29 is 0 Å². The Morgan fingerprint density at radius 1 is 1.27 bits per heavy atom. The van der Waals surface area contributed by atoms with E-state index < -0.39 is 0 Å². The van der Waals surface area contributed by atoms with Crippen molar-refractivity contribution in [3.05, 3.63) is 0 Å². The number of rotatable bonds is 5. The smallest absolute Gasteiger partial charge is 0.0104 e. The van der Waals surface area contributed by atoms with E-state index in [1.54, 1.807) is 0 Å². The lowest BCUT2D eigenvalue weighted by molar-refractivity contribution is 0.157. The third kappa shape index (κ3) is 4.98. The second-order valence-electron chi connectivity index (χ2n) is 5.97. The van der Waals surface area contributed by atoms with E-state index in [-0.39, 0.29) is 0 Å². The molecule has 0 amide bonds. The monoisotopic (exact) mass is 212 g/mol. The van der Waals surface area contributed by atoms with Crippen LogP contribution in [0, 0.1) is 11.3 Å². The van der Waals surface area contributed by atoms with Crippen molar-refractivity contribution in [2.24, 2.45) is 11.3 Å². The molecule has 0 unspecified atom stereocenters. The zero-order valence-corrected chi connectivity index (χ0v) is 11.0. The summed E-state index contributed by atoms with van der Waals surface area (Å²) < 4.78 is 0. The first-order chi connectivity index (χ1) is 7.03. The fourth-order valence-electron chi connectivity index (χ4n) is 2.48. The molecule has 0 aromatic carbocycles. The van der Waals surface area contributed by atoms with Crippen molar-refractivity contribution in [2.45, 2.75) is 39.5 Å². The number of hydrogen-bond acceptors (Lipinski definition) is 2. The highest BCUT2D eigenvalue weighted by atomic mass is 15.1. The Bertz CT molecular complexity index is 167. The highest BCUT2D eigenvalue weighted by molar-refractivity contribution is 4.79. The molecule has 0 atom stereocenters. The van der Waals surface area contributed by atoms with E-state index in [4.69, 9.17) is 0 Å². The number of nitrogens with zero attached hydrogens (tertiary/aromatic N) is 1. The van der Waals surface area contributed by atoms with Gasteiger partial charge in [0.15, 0.2) is 0 Å². The fourth-order valence-corrected chi connectivity index (χ4v) is 2.48. The van der Waals surface area contributed by atoms with Crippen molar-refractivity contribution in [3.63, 3.8) is 0 Å². The number of likely N-dealkylation sites (N-methyl/N-ethyl adjacent to an activating group) is 2. The molecule has 0 aliphatic heterocycles. The molecule has 0 aromatic heterocycles. The zero-order chi connectivity index (χ0) is 11.3. The lowest BCUT2D eigenvalue weighted by atomic mass is 9.73. The molecule has 0 radical (unpaired) electrons. The van der Waals surface area contributed by atoms with Gasteiger partial charge in [-0.3, -0.25) is 0 Å². The molecule has 1 aliphatic rings. The Balaban J connectivity index is 2.17. The Morgan fingerprint density at radius 2 is 1.87 bits per heavy atom. The summed E-state index contributed by atoms with van der Waals surface area (Å²) >= 11 is 0. The Morgan fingerprint density at radius 3 is 2.40 bits per heavy atom. The maximum absolute atomic E-state index is 3.21. The van der Waals surface area contributed by atoms with Gasteiger partial charge in [0.25, 0.3) is 0 Å². The fraction of sp³-hybridized carbons (Fsp3) is 1.00. The molecule has 0 heterocycles. The molecule has 1 aliphatic carbocycles. The normalized spacial score (nSPS) is 22.2. The van der Waals surface area contributed by atoms with Gasteiger partial charge < -0.3 is 10.2 Å². The molecule has 90 valence electrons. The van der Waals surface area contributed by atoms with Gasteiger partial charge in [0.2, 0.25) is 0 Å². The SMILES string of the molecule is CNCCN(C)CC1CCC(C)(C)CC1. The van der Waals surface area contributed by atoms with Gasteiger partial charge in [0.1, 0.15) is 0 Å². The maximum atomic E-state index is 3.21. The van der Waals surface area contributed by atoms with Crippen LogP contribution in [0.15, 0.2) is 0 Å². The van der Waals surface area contributed by atoms with Gasteiger partial charge in [0.05, 0.1) is 0 Å². The van der Waals surface area contributed by atoms with Gasteiger partial charge in [0, 0.05) is 19.6 Å². The summed E-state index contributed by atoms with van der Waals surface area (Å²) in [5.41, 5.74) is 0.611. The lowest BCUT2D eigenvalue weighted by Crippen LogP contribution is -2.34. The molecule has 0 spiro atoms. The Hall–Kier alpha value is -0.0800. The summed E-state index contributed by atoms with van der Waals surface area (Å²) in [5, 5.41) is 3.21. The third-order valence-corrected chi connectivity index (χ3v) is 3.77. The average Bonchev–Trinajstić information content (AvgIpc) is 2.18. The molecular formula is C13H28N2. The van der Waals surface area contributed by atoms with Gasteiger partial charge in [-0.15, -0.1) is 0 Å². The molecule has 2 nitrogen and oxygen atoms in total. The maximum Gasteiger partial charge on any atom is 0.0104 e. The van der Waals surface area contributed by atoms with Gasteiger partial charge in [-0.2, -0.15) is 0 Å². The van der Waals surface area contributed by atoms with E-state index in [0.717, 1.165) is 12.5 Å². The van der Waals surface area contributed by atoms with Gasteiger partial charge >= 0.3 is 0 Å². The number of hydrogen-bond donors (Lipinski definition) is 1. The zero-order valence-electron chi connectivity index (χ0n) is 11.0. The van der Waals surface area contributed by atoms with Crippen LogP contribution < -0.4 is 5.32 Å². The summed E-state index contributed by atoms with van der Waals surface area (Å²) in [6.07, 6.45) is 5.68. The van der Waals surface area contributed by atoms with Crippen LogP contribution in [0.3, 0.4) is 0 Å². The van der Waals surface area contributed by atoms with Crippen LogP contribution in [0.4, 0.5) is 0 Å². The third-order valence-electron chi connectivity index (χ3n) is 3.77. The topological polar surface area (TPSA) is 15.3 Å². The van der Waals surface area contributed by atoms with E-state index in [1.807, 2.05) is 7.05 Å². The molecule has 0 bridgehead atoms. The summed E-state index contributed by atoms with van der Waals surface area (Å²) in [6.45, 7) is 8.39. The van der Waals surface area contributed by atoms with Crippen molar-refractivity contribution >= 4 is 0 Å². The van der Waals surface area contributed by atoms with Crippen LogP contribution >= 0.6 is 0 Å². The summed E-state index contributed by atoms with van der Waals surface area (Å²) in [7, 11) is 4.27. The summed E-state index contributed by atoms with van der Waals surface area (Å²) in [5.74, 6) is 0.944. The molecule has 2 heteroatoms. The Labute approximate surface area is 95.4 Å². The minimum absolute atomic E-state index is 0.611. The summed E-state index contributed by atoms with van der Waals surface area (Å²) in [6, 6.07) is 0. The average molecular weight is 212 g/mol. The molecule has 0 saturated heterocycles. The van der Waals surface area contributed by atoms with E-state index in [2.05, 4.69) is 31.1 Å². The van der Waals surface area contributed by atoms with Crippen LogP contribution in [0.25, 0.3) is 0 Å². The second kappa shape index (κ2) is 5.86. The highest BCUT2D eigenvalue weighted by Gasteiger charge is 2.26. The minimum atomic E-state index is 0.611. The standard InChI is InChI=1S/C13H28N2/c1-13(2)7-5-12(6-8-13)11-15(4)10-9-14-3/h12,14H,5-11H2,1-4H3. The summed E-state index contributed by atoms with van der Waals surface area (Å²) in [4.78, 5) is 2.47. The van der Waals surface area contributed by atoms with Crippen molar-refractivity contribution in [2.75, 3.05) is 33.7 Å². The van der Waals surface area contributed by atoms with E-state index >= 15 is 0 Å². The molecule has 1 saturated carbocycles. The van der Waals surface area contributed by atoms with E-state index in [1.165, 1.54) is 38.8 Å². The predicted octanol–water partition coefficient (Wildman–Crippen LogP) is 2.35. The van der Waals surface area contributed by atoms with Crippen molar-refractivity contribution in [1.29, 1.82) is 0 Å². The predicted molar refractivity (Wildman–Crippen MR) is 67.2 cm³/mol. The van der Waals surface area contributed by atoms with Crippen LogP contribution in [0.5, 0.6) is 0 Å². The first-order valence-electron chi connectivity index (χ1n) is 6.37. The first kappa shape index (κ1) is 13.0. The quantitative estimate of drug-likeness (QED) is 0.752. The van der Waals surface area contributed by atoms with E-state index in [0.29, 0.717) is 5.41 Å². The van der Waals surface area contributed by atoms with Crippen LogP contribution in [0.2, 0.25) is 0 Å². The molecule has 15 heavy (non-hydrogen) atoms. The molecule has 1 N–H and O–H groups in total. The number of nitrogens with one attached hydrogen (secondary N) is 1. The van der Waals surface area contributed by atoms with Crippen molar-refractivity contribution in [3.8, 4) is 0 Å². The Kier molecular flexibility index (Phi) is 5.07. The lowest BCUT2D eigenvalue weighted by Gasteiger charge is -2.36. The largest absolute Gasteiger partial charge is 0.318 e. The van der Waals surface area contributed by atoms with Crippen LogP contribution in [-0.2, 0) is 0 Å². The van der Waals surface area contributed by atoms with Gasteiger partial charge in [-0.1, -0.05) is 13.8 Å². The molecule has 0 aromatic rings. The second-order valence-corrected chi connectivity index (χ2v) is 5.97. The van der Waals surface area contributed by atoms with Crippen LogP contribution in [0.1, 0.15) is 39.5 Å².